The Labute approximate surface area is 155 Å². The van der Waals surface area contributed by atoms with Gasteiger partial charge in [-0.05, 0) is 51.4 Å². The Kier molecular flexibility index (Phi) is 6.29. The number of carbonyl (C=O) groups is 2. The molecule has 1 aromatic heterocycles. The van der Waals surface area contributed by atoms with Gasteiger partial charge in [0.05, 0.1) is 5.69 Å². The van der Waals surface area contributed by atoms with Crippen LogP contribution in [-0.2, 0) is 29.4 Å². The van der Waals surface area contributed by atoms with Crippen molar-refractivity contribution < 1.29 is 14.3 Å². The van der Waals surface area contributed by atoms with Crippen LogP contribution >= 0.6 is 0 Å². The molecule has 1 fully saturated rings. The third-order valence-corrected chi connectivity index (χ3v) is 5.48. The Morgan fingerprint density at radius 3 is 2.85 bits per heavy atom. The van der Waals surface area contributed by atoms with Crippen molar-refractivity contribution in [2.75, 3.05) is 26.8 Å². The molecule has 2 amide bonds. The van der Waals surface area contributed by atoms with Gasteiger partial charge in [-0.15, -0.1) is 0 Å². The number of nitrogens with one attached hydrogen (secondary N) is 1. The molecule has 1 aliphatic heterocycles. The van der Waals surface area contributed by atoms with Gasteiger partial charge in [-0.1, -0.05) is 0 Å². The first-order chi connectivity index (χ1) is 12.6. The van der Waals surface area contributed by atoms with Gasteiger partial charge in [0, 0.05) is 38.9 Å². The minimum absolute atomic E-state index is 0.0778. The molecule has 1 aromatic rings. The first kappa shape index (κ1) is 18.9. The van der Waals surface area contributed by atoms with Crippen LogP contribution in [0.2, 0.25) is 0 Å². The molecule has 2 heterocycles. The standard InChI is InChI=1S/C19H30N4O3/c1-22-18(15-8-3-4-9-16(15)21-22)19(25)23-12-6-5-7-14(23)10-11-20-17(24)13-26-2/h14H,3-13H2,1-2H3,(H,20,24)/t14-/m0/s1. The number of methoxy groups -OCH3 is 1. The first-order valence-electron chi connectivity index (χ1n) is 9.73. The number of amides is 2. The first-order valence-corrected chi connectivity index (χ1v) is 9.73. The molecule has 26 heavy (non-hydrogen) atoms. The Balaban J connectivity index is 1.68. The normalized spacial score (nSPS) is 19.9. The van der Waals surface area contributed by atoms with Crippen LogP contribution in [0.3, 0.4) is 0 Å². The number of piperidine rings is 1. The second-order valence-electron chi connectivity index (χ2n) is 7.32. The molecule has 7 heteroatoms. The lowest BCUT2D eigenvalue weighted by atomic mass is 9.94. The largest absolute Gasteiger partial charge is 0.375 e. The van der Waals surface area contributed by atoms with E-state index in [2.05, 4.69) is 10.4 Å². The summed E-state index contributed by atoms with van der Waals surface area (Å²) in [5.41, 5.74) is 3.03. The molecule has 0 radical (unpaired) electrons. The van der Waals surface area contributed by atoms with Crippen LogP contribution in [0.1, 0.15) is 60.3 Å². The highest BCUT2D eigenvalue weighted by atomic mass is 16.5. The molecule has 2 aliphatic rings. The minimum Gasteiger partial charge on any atom is -0.375 e. The van der Waals surface area contributed by atoms with Crippen molar-refractivity contribution in [1.29, 1.82) is 0 Å². The number of aryl methyl sites for hydroxylation is 2. The van der Waals surface area contributed by atoms with Gasteiger partial charge in [0.25, 0.3) is 5.91 Å². The summed E-state index contributed by atoms with van der Waals surface area (Å²) in [6.45, 7) is 1.43. The van der Waals surface area contributed by atoms with Crippen LogP contribution in [0.4, 0.5) is 0 Å². The molecule has 0 spiro atoms. The summed E-state index contributed by atoms with van der Waals surface area (Å²) in [4.78, 5) is 26.9. The smallest absolute Gasteiger partial charge is 0.272 e. The Morgan fingerprint density at radius 1 is 1.23 bits per heavy atom. The zero-order valence-electron chi connectivity index (χ0n) is 15.9. The van der Waals surface area contributed by atoms with Crippen molar-refractivity contribution in [2.24, 2.45) is 7.05 Å². The number of hydrogen-bond acceptors (Lipinski definition) is 4. The predicted octanol–water partition coefficient (Wildman–Crippen LogP) is 1.45. The molecule has 0 saturated carbocycles. The van der Waals surface area contributed by atoms with Gasteiger partial charge in [0.1, 0.15) is 12.3 Å². The molecule has 0 bridgehead atoms. The molecule has 1 atom stereocenters. The molecule has 0 unspecified atom stereocenters. The monoisotopic (exact) mass is 362 g/mol. The van der Waals surface area contributed by atoms with Gasteiger partial charge in [0.15, 0.2) is 0 Å². The van der Waals surface area contributed by atoms with E-state index in [0.717, 1.165) is 74.9 Å². The summed E-state index contributed by atoms with van der Waals surface area (Å²) >= 11 is 0. The van der Waals surface area contributed by atoms with Crippen molar-refractivity contribution in [1.82, 2.24) is 20.0 Å². The summed E-state index contributed by atoms with van der Waals surface area (Å²) in [6.07, 6.45) is 8.16. The molecule has 144 valence electrons. The summed E-state index contributed by atoms with van der Waals surface area (Å²) in [5.74, 6) is -0.00189. The van der Waals surface area contributed by atoms with Crippen LogP contribution in [-0.4, -0.2) is 59.3 Å². The molecular weight excluding hydrogens is 332 g/mol. The number of ether oxygens (including phenoxy) is 1. The average molecular weight is 362 g/mol. The minimum atomic E-state index is -0.109. The van der Waals surface area contributed by atoms with E-state index >= 15 is 0 Å². The number of rotatable bonds is 6. The van der Waals surface area contributed by atoms with E-state index in [1.807, 2.05) is 11.9 Å². The number of fused-ring (bicyclic) bond motifs is 1. The summed E-state index contributed by atoms with van der Waals surface area (Å²) in [5, 5.41) is 7.46. The van der Waals surface area contributed by atoms with E-state index in [-0.39, 0.29) is 24.5 Å². The number of aromatic nitrogens is 2. The zero-order valence-corrected chi connectivity index (χ0v) is 15.9. The van der Waals surface area contributed by atoms with E-state index in [9.17, 15) is 9.59 Å². The van der Waals surface area contributed by atoms with E-state index < -0.39 is 0 Å². The van der Waals surface area contributed by atoms with Crippen molar-refractivity contribution in [3.8, 4) is 0 Å². The fourth-order valence-corrected chi connectivity index (χ4v) is 4.21. The fourth-order valence-electron chi connectivity index (χ4n) is 4.21. The number of hydrogen-bond donors (Lipinski definition) is 1. The molecule has 7 nitrogen and oxygen atoms in total. The summed E-state index contributed by atoms with van der Waals surface area (Å²) in [7, 11) is 3.39. The van der Waals surface area contributed by atoms with Gasteiger partial charge >= 0.3 is 0 Å². The molecular formula is C19H30N4O3. The van der Waals surface area contributed by atoms with Gasteiger partial charge < -0.3 is 15.0 Å². The van der Waals surface area contributed by atoms with E-state index in [4.69, 9.17) is 4.74 Å². The average Bonchev–Trinajstić information content (AvgIpc) is 2.97. The number of carbonyl (C=O) groups excluding carboxylic acids is 2. The lowest BCUT2D eigenvalue weighted by Gasteiger charge is -2.36. The zero-order chi connectivity index (χ0) is 18.5. The number of likely N-dealkylation sites (tertiary alicyclic amines) is 1. The number of nitrogens with zero attached hydrogens (tertiary/aromatic N) is 3. The van der Waals surface area contributed by atoms with Gasteiger partial charge in [-0.2, -0.15) is 5.10 Å². The Morgan fingerprint density at radius 2 is 2.04 bits per heavy atom. The maximum atomic E-state index is 13.3. The molecule has 1 aliphatic carbocycles. The third-order valence-electron chi connectivity index (χ3n) is 5.48. The lowest BCUT2D eigenvalue weighted by molar-refractivity contribution is -0.124. The van der Waals surface area contributed by atoms with Gasteiger partial charge in [-0.3, -0.25) is 14.3 Å². The molecule has 1 saturated heterocycles. The predicted molar refractivity (Wildman–Crippen MR) is 98.0 cm³/mol. The van der Waals surface area contributed by atoms with Crippen molar-refractivity contribution in [2.45, 2.75) is 57.4 Å². The fraction of sp³-hybridized carbons (Fsp3) is 0.737. The summed E-state index contributed by atoms with van der Waals surface area (Å²) < 4.78 is 6.62. The maximum Gasteiger partial charge on any atom is 0.272 e. The maximum absolute atomic E-state index is 13.3. The van der Waals surface area contributed by atoms with E-state index in [0.29, 0.717) is 6.54 Å². The Hall–Kier alpha value is -1.89. The van der Waals surface area contributed by atoms with Crippen molar-refractivity contribution in [3.05, 3.63) is 17.0 Å². The van der Waals surface area contributed by atoms with Crippen molar-refractivity contribution >= 4 is 11.8 Å². The second-order valence-corrected chi connectivity index (χ2v) is 7.32. The molecule has 0 aromatic carbocycles. The quantitative estimate of drug-likeness (QED) is 0.831. The molecule has 1 N–H and O–H groups in total. The van der Waals surface area contributed by atoms with Crippen LogP contribution in [0.15, 0.2) is 0 Å². The topological polar surface area (TPSA) is 76.5 Å². The van der Waals surface area contributed by atoms with Gasteiger partial charge in [-0.25, -0.2) is 0 Å². The van der Waals surface area contributed by atoms with Crippen LogP contribution in [0.5, 0.6) is 0 Å². The van der Waals surface area contributed by atoms with Crippen molar-refractivity contribution in [3.63, 3.8) is 0 Å². The van der Waals surface area contributed by atoms with Crippen LogP contribution < -0.4 is 5.32 Å². The van der Waals surface area contributed by atoms with Gasteiger partial charge in [0.2, 0.25) is 5.91 Å². The SMILES string of the molecule is COCC(=O)NCC[C@@H]1CCCCN1C(=O)c1c2c(nn1C)CCCC2. The van der Waals surface area contributed by atoms with E-state index in [1.54, 1.807) is 4.68 Å². The Bertz CT molecular complexity index is 655. The molecule has 3 rings (SSSR count). The third kappa shape index (κ3) is 4.09. The second kappa shape index (κ2) is 8.66. The van der Waals surface area contributed by atoms with E-state index in [1.165, 1.54) is 7.11 Å². The highest BCUT2D eigenvalue weighted by Gasteiger charge is 2.32. The highest BCUT2D eigenvalue weighted by Crippen LogP contribution is 2.27. The van der Waals surface area contributed by atoms with Crippen LogP contribution in [0.25, 0.3) is 0 Å². The highest BCUT2D eigenvalue weighted by molar-refractivity contribution is 5.94. The lowest BCUT2D eigenvalue weighted by Crippen LogP contribution is -2.46. The summed E-state index contributed by atoms with van der Waals surface area (Å²) in [6, 6.07) is 0.174. The van der Waals surface area contributed by atoms with Crippen LogP contribution in [0, 0.1) is 0 Å².